The van der Waals surface area contributed by atoms with Gasteiger partial charge in [-0.1, -0.05) is 5.16 Å². The summed E-state index contributed by atoms with van der Waals surface area (Å²) in [7, 11) is 0. The van der Waals surface area contributed by atoms with Crippen molar-refractivity contribution in [3.05, 3.63) is 16.6 Å². The molecule has 8 heteroatoms. The first-order chi connectivity index (χ1) is 7.74. The standard InChI is InChI=1S/C8H9N3O5/c12-9-5-3-8(14-1-2-15-8)4-6-7(5)10-16-11(6)13/h12H,1-4H2. The van der Waals surface area contributed by atoms with Gasteiger partial charge in [-0.2, -0.15) is 0 Å². The van der Waals surface area contributed by atoms with Gasteiger partial charge >= 0.3 is 0 Å². The van der Waals surface area contributed by atoms with E-state index in [1.54, 1.807) is 0 Å². The van der Waals surface area contributed by atoms with Gasteiger partial charge in [-0.05, 0) is 4.90 Å². The number of fused-ring (bicyclic) bond motifs is 1. The first kappa shape index (κ1) is 9.55. The number of nitrogens with zero attached hydrogens (tertiary/aromatic N) is 3. The van der Waals surface area contributed by atoms with Crippen LogP contribution in [0.2, 0.25) is 0 Å². The third kappa shape index (κ3) is 1.20. The van der Waals surface area contributed by atoms with E-state index in [0.29, 0.717) is 13.2 Å². The van der Waals surface area contributed by atoms with Crippen LogP contribution in [0.3, 0.4) is 0 Å². The Morgan fingerprint density at radius 2 is 2.12 bits per heavy atom. The van der Waals surface area contributed by atoms with Crippen molar-refractivity contribution in [1.29, 1.82) is 0 Å². The molecule has 1 aliphatic carbocycles. The van der Waals surface area contributed by atoms with E-state index in [9.17, 15) is 5.21 Å². The molecule has 0 radical (unpaired) electrons. The molecule has 0 bridgehead atoms. The van der Waals surface area contributed by atoms with Gasteiger partial charge in [-0.25, -0.2) is 0 Å². The SMILES string of the molecule is [O-][n+]1onc2c1CC1(CC2=NO)OCCO1. The van der Waals surface area contributed by atoms with E-state index in [-0.39, 0.29) is 34.8 Å². The molecule has 0 amide bonds. The fourth-order valence-corrected chi connectivity index (χ4v) is 2.07. The number of hydrogen-bond donors (Lipinski definition) is 1. The maximum absolute atomic E-state index is 11.3. The number of rotatable bonds is 0. The molecular formula is C8H9N3O5. The van der Waals surface area contributed by atoms with Gasteiger partial charge in [0.1, 0.15) is 5.71 Å². The summed E-state index contributed by atoms with van der Waals surface area (Å²) in [4.78, 5) is 0.284. The van der Waals surface area contributed by atoms with Gasteiger partial charge in [-0.3, -0.25) is 4.63 Å². The van der Waals surface area contributed by atoms with Crippen LogP contribution in [0.5, 0.6) is 0 Å². The summed E-state index contributed by atoms with van der Waals surface area (Å²) in [6.07, 6.45) is 0.497. The Morgan fingerprint density at radius 1 is 1.38 bits per heavy atom. The largest absolute Gasteiger partial charge is 0.411 e. The summed E-state index contributed by atoms with van der Waals surface area (Å²) in [5.74, 6) is -0.910. The lowest BCUT2D eigenvalue weighted by Gasteiger charge is -2.28. The Labute approximate surface area is 89.6 Å². The summed E-state index contributed by atoms with van der Waals surface area (Å²) in [6, 6.07) is 0. The average molecular weight is 227 g/mol. The molecule has 1 aliphatic heterocycles. The molecule has 8 nitrogen and oxygen atoms in total. The van der Waals surface area contributed by atoms with Crippen molar-refractivity contribution in [2.75, 3.05) is 13.2 Å². The van der Waals surface area contributed by atoms with Gasteiger partial charge in [0.2, 0.25) is 5.69 Å². The second-order valence-electron chi connectivity index (χ2n) is 3.73. The first-order valence-electron chi connectivity index (χ1n) is 4.82. The van der Waals surface area contributed by atoms with Crippen LogP contribution in [0.1, 0.15) is 17.8 Å². The Kier molecular flexibility index (Phi) is 1.88. The molecule has 16 heavy (non-hydrogen) atoms. The third-order valence-electron chi connectivity index (χ3n) is 2.78. The molecule has 1 saturated heterocycles. The predicted octanol–water partition coefficient (Wildman–Crippen LogP) is -0.824. The monoisotopic (exact) mass is 227 g/mol. The van der Waals surface area contributed by atoms with Crippen molar-refractivity contribution in [1.82, 2.24) is 5.16 Å². The molecule has 0 atom stereocenters. The molecule has 0 aromatic carbocycles. The molecule has 3 rings (SSSR count). The maximum atomic E-state index is 11.3. The molecular weight excluding hydrogens is 218 g/mol. The first-order valence-corrected chi connectivity index (χ1v) is 4.82. The van der Waals surface area contributed by atoms with Crippen LogP contribution in [0.4, 0.5) is 0 Å². The predicted molar refractivity (Wildman–Crippen MR) is 46.7 cm³/mol. The van der Waals surface area contributed by atoms with Crippen molar-refractivity contribution in [2.24, 2.45) is 5.16 Å². The second-order valence-corrected chi connectivity index (χ2v) is 3.73. The maximum Gasteiger partial charge on any atom is 0.269 e. The summed E-state index contributed by atoms with van der Waals surface area (Å²) < 4.78 is 15.4. The van der Waals surface area contributed by atoms with Crippen LogP contribution in [-0.2, 0) is 15.9 Å². The van der Waals surface area contributed by atoms with Crippen LogP contribution in [0.15, 0.2) is 9.78 Å². The number of ether oxygens (including phenoxy) is 2. The Hall–Kier alpha value is -1.67. The molecule has 1 aromatic heterocycles. The molecule has 0 saturated carbocycles. The molecule has 1 spiro atoms. The lowest BCUT2D eigenvalue weighted by molar-refractivity contribution is -0.808. The van der Waals surface area contributed by atoms with Crippen LogP contribution >= 0.6 is 0 Å². The van der Waals surface area contributed by atoms with Gasteiger partial charge in [0.05, 0.1) is 26.1 Å². The lowest BCUT2D eigenvalue weighted by atomic mass is 9.93. The van der Waals surface area contributed by atoms with Crippen LogP contribution in [0, 0.1) is 5.21 Å². The van der Waals surface area contributed by atoms with E-state index in [2.05, 4.69) is 14.9 Å². The van der Waals surface area contributed by atoms with Gasteiger partial charge in [0.25, 0.3) is 5.69 Å². The van der Waals surface area contributed by atoms with Gasteiger partial charge < -0.3 is 19.9 Å². The highest BCUT2D eigenvalue weighted by atomic mass is 16.8. The van der Waals surface area contributed by atoms with E-state index in [1.165, 1.54) is 0 Å². The quantitative estimate of drug-likeness (QED) is 0.352. The number of oxime groups is 1. The van der Waals surface area contributed by atoms with Crippen molar-refractivity contribution in [3.8, 4) is 0 Å². The molecule has 0 unspecified atom stereocenters. The molecule has 86 valence electrons. The highest BCUT2D eigenvalue weighted by molar-refractivity contribution is 6.00. The minimum Gasteiger partial charge on any atom is -0.411 e. The Balaban J connectivity index is 2.07. The van der Waals surface area contributed by atoms with Crippen molar-refractivity contribution < 1.29 is 24.2 Å². The topological polar surface area (TPSA) is 104 Å². The summed E-state index contributed by atoms with van der Waals surface area (Å²) in [6.45, 7) is 0.913. The Morgan fingerprint density at radius 3 is 2.81 bits per heavy atom. The molecule has 2 heterocycles. The normalized spacial score (nSPS) is 25.1. The summed E-state index contributed by atoms with van der Waals surface area (Å²) in [5, 5.41) is 26.8. The minimum atomic E-state index is -0.910. The molecule has 1 aromatic rings. The number of hydrogen-bond acceptors (Lipinski definition) is 7. The van der Waals surface area contributed by atoms with E-state index >= 15 is 0 Å². The van der Waals surface area contributed by atoms with Gasteiger partial charge in [-0.15, -0.1) is 0 Å². The number of aromatic nitrogens is 2. The van der Waals surface area contributed by atoms with E-state index in [4.69, 9.17) is 14.7 Å². The highest BCUT2D eigenvalue weighted by Gasteiger charge is 2.48. The van der Waals surface area contributed by atoms with Crippen molar-refractivity contribution >= 4 is 5.71 Å². The van der Waals surface area contributed by atoms with Crippen molar-refractivity contribution in [2.45, 2.75) is 18.6 Å². The summed E-state index contributed by atoms with van der Waals surface area (Å²) >= 11 is 0. The fourth-order valence-electron chi connectivity index (χ4n) is 2.07. The van der Waals surface area contributed by atoms with Gasteiger partial charge in [0.15, 0.2) is 5.79 Å². The van der Waals surface area contributed by atoms with Crippen LogP contribution < -0.4 is 4.90 Å². The van der Waals surface area contributed by atoms with Crippen molar-refractivity contribution in [3.63, 3.8) is 0 Å². The van der Waals surface area contributed by atoms with Gasteiger partial charge in [0, 0.05) is 5.16 Å². The van der Waals surface area contributed by atoms with Crippen LogP contribution in [-0.4, -0.2) is 35.1 Å². The van der Waals surface area contributed by atoms with E-state index in [1.807, 2.05) is 0 Å². The minimum absolute atomic E-state index is 0.238. The summed E-state index contributed by atoms with van der Waals surface area (Å²) in [5.41, 5.74) is 0.768. The Bertz CT molecular complexity index is 449. The molecule has 1 fully saturated rings. The fraction of sp³-hybridized carbons (Fsp3) is 0.625. The molecule has 1 N–H and O–H groups in total. The van der Waals surface area contributed by atoms with Crippen LogP contribution in [0.25, 0.3) is 0 Å². The lowest BCUT2D eigenvalue weighted by Crippen LogP contribution is -2.44. The zero-order valence-corrected chi connectivity index (χ0v) is 8.25. The highest BCUT2D eigenvalue weighted by Crippen LogP contribution is 2.33. The zero-order chi connectivity index (χ0) is 11.2. The average Bonchev–Trinajstić information content (AvgIpc) is 2.87. The van der Waals surface area contributed by atoms with E-state index < -0.39 is 5.79 Å². The smallest absolute Gasteiger partial charge is 0.269 e. The zero-order valence-electron chi connectivity index (χ0n) is 8.25. The third-order valence-corrected chi connectivity index (χ3v) is 2.78. The van der Waals surface area contributed by atoms with E-state index in [0.717, 1.165) is 0 Å². The second kappa shape index (κ2) is 3.16. The molecule has 2 aliphatic rings.